The molecule has 0 unspecified atom stereocenters. The Kier molecular flexibility index (Phi) is 5.40. The van der Waals surface area contributed by atoms with Gasteiger partial charge in [0.25, 0.3) is 0 Å². The first-order chi connectivity index (χ1) is 13.2. The molecule has 0 bridgehead atoms. The first-order valence-corrected chi connectivity index (χ1v) is 10.2. The summed E-state index contributed by atoms with van der Waals surface area (Å²) >= 11 is 1.81. The molecule has 6 nitrogen and oxygen atoms in total. The normalized spacial score (nSPS) is 17.5. The molecule has 3 heterocycles. The van der Waals surface area contributed by atoms with E-state index in [0.717, 1.165) is 25.2 Å². The zero-order valence-corrected chi connectivity index (χ0v) is 16.1. The molecule has 2 aliphatic rings. The highest BCUT2D eigenvalue weighted by molar-refractivity contribution is 7.10. The summed E-state index contributed by atoms with van der Waals surface area (Å²) in [6.45, 7) is 4.60. The number of carbonyl (C=O) groups excluding carboxylic acids is 2. The van der Waals surface area contributed by atoms with E-state index >= 15 is 0 Å². The van der Waals surface area contributed by atoms with Crippen LogP contribution in [0.3, 0.4) is 0 Å². The van der Waals surface area contributed by atoms with Crippen LogP contribution in [0.5, 0.6) is 0 Å². The van der Waals surface area contributed by atoms with Gasteiger partial charge >= 0.3 is 6.03 Å². The summed E-state index contributed by atoms with van der Waals surface area (Å²) < 4.78 is 0. The predicted molar refractivity (Wildman–Crippen MR) is 107 cm³/mol. The minimum Gasteiger partial charge on any atom is -0.338 e. The number of hydrogen-bond donors (Lipinski definition) is 1. The van der Waals surface area contributed by atoms with Gasteiger partial charge in [0.1, 0.15) is 0 Å². The number of rotatable bonds is 3. The number of benzene rings is 1. The van der Waals surface area contributed by atoms with Crippen LogP contribution in [0.2, 0.25) is 0 Å². The maximum absolute atomic E-state index is 12.7. The molecular weight excluding hydrogens is 360 g/mol. The van der Waals surface area contributed by atoms with Crippen LogP contribution in [0.1, 0.15) is 10.4 Å². The maximum atomic E-state index is 12.7. The van der Waals surface area contributed by atoms with Crippen molar-refractivity contribution in [3.63, 3.8) is 0 Å². The van der Waals surface area contributed by atoms with Crippen molar-refractivity contribution < 1.29 is 9.59 Å². The number of anilines is 1. The molecule has 1 fully saturated rings. The molecule has 0 aliphatic carbocycles. The van der Waals surface area contributed by atoms with Crippen molar-refractivity contribution in [3.8, 4) is 0 Å². The Labute approximate surface area is 163 Å². The van der Waals surface area contributed by atoms with E-state index < -0.39 is 0 Å². The molecule has 3 amide bonds. The van der Waals surface area contributed by atoms with Crippen LogP contribution in [0, 0.1) is 0 Å². The Hall–Kier alpha value is -2.38. The Morgan fingerprint density at radius 2 is 1.70 bits per heavy atom. The standard InChI is InChI=1S/C20H24N4O2S/c25-19(15-22-8-6-18-16(14-22)7-13-27-18)23-9-11-24(12-10-23)20(26)21-17-4-2-1-3-5-17/h1-5,7,13H,6,8-12,14-15H2,(H,21,26). The van der Waals surface area contributed by atoms with Gasteiger partial charge in [0.15, 0.2) is 0 Å². The lowest BCUT2D eigenvalue weighted by molar-refractivity contribution is -0.134. The Balaban J connectivity index is 1.24. The molecule has 27 heavy (non-hydrogen) atoms. The van der Waals surface area contributed by atoms with Crippen LogP contribution in [-0.2, 0) is 17.8 Å². The highest BCUT2D eigenvalue weighted by Gasteiger charge is 2.26. The predicted octanol–water partition coefficient (Wildman–Crippen LogP) is 2.48. The molecule has 142 valence electrons. The number of thiophene rings is 1. The molecule has 1 aromatic heterocycles. The minimum atomic E-state index is -0.102. The molecule has 7 heteroatoms. The molecule has 2 aromatic rings. The SMILES string of the molecule is O=C(CN1CCc2sccc2C1)N1CCN(C(=O)Nc2ccccc2)CC1. The number of nitrogens with zero attached hydrogens (tertiary/aromatic N) is 3. The lowest BCUT2D eigenvalue weighted by Crippen LogP contribution is -2.53. The number of amides is 3. The molecule has 1 aromatic carbocycles. The van der Waals surface area contributed by atoms with Gasteiger partial charge in [-0.25, -0.2) is 4.79 Å². The summed E-state index contributed by atoms with van der Waals surface area (Å²) in [5, 5.41) is 5.04. The van der Waals surface area contributed by atoms with Crippen molar-refractivity contribution in [2.75, 3.05) is 44.6 Å². The Morgan fingerprint density at radius 1 is 0.963 bits per heavy atom. The van der Waals surface area contributed by atoms with E-state index in [4.69, 9.17) is 0 Å². The number of hydrogen-bond acceptors (Lipinski definition) is 4. The van der Waals surface area contributed by atoms with E-state index in [1.807, 2.05) is 46.6 Å². The monoisotopic (exact) mass is 384 g/mol. The summed E-state index contributed by atoms with van der Waals surface area (Å²) in [6, 6.07) is 11.5. The second-order valence-electron chi connectivity index (χ2n) is 6.99. The number of fused-ring (bicyclic) bond motifs is 1. The number of urea groups is 1. The van der Waals surface area contributed by atoms with Crippen LogP contribution in [0.25, 0.3) is 0 Å². The molecule has 0 atom stereocenters. The Morgan fingerprint density at radius 3 is 2.48 bits per heavy atom. The number of nitrogens with one attached hydrogen (secondary N) is 1. The highest BCUT2D eigenvalue weighted by atomic mass is 32.1. The third kappa shape index (κ3) is 4.31. The fraction of sp³-hybridized carbons (Fsp3) is 0.400. The Bertz CT molecular complexity index is 799. The van der Waals surface area contributed by atoms with Crippen molar-refractivity contribution in [1.29, 1.82) is 0 Å². The van der Waals surface area contributed by atoms with E-state index in [2.05, 4.69) is 21.7 Å². The molecule has 4 rings (SSSR count). The zero-order chi connectivity index (χ0) is 18.6. The van der Waals surface area contributed by atoms with Crippen molar-refractivity contribution in [3.05, 3.63) is 52.2 Å². The van der Waals surface area contributed by atoms with Crippen molar-refractivity contribution in [2.24, 2.45) is 0 Å². The second-order valence-corrected chi connectivity index (χ2v) is 7.99. The fourth-order valence-corrected chi connectivity index (χ4v) is 4.51. The second kappa shape index (κ2) is 8.10. The van der Waals surface area contributed by atoms with Crippen molar-refractivity contribution >= 4 is 29.0 Å². The first-order valence-electron chi connectivity index (χ1n) is 9.35. The van der Waals surface area contributed by atoms with E-state index in [-0.39, 0.29) is 11.9 Å². The molecule has 0 saturated carbocycles. The van der Waals surface area contributed by atoms with Gasteiger partial charge < -0.3 is 15.1 Å². The van der Waals surface area contributed by atoms with Gasteiger partial charge in [-0.05, 0) is 35.6 Å². The smallest absolute Gasteiger partial charge is 0.321 e. The van der Waals surface area contributed by atoms with Crippen molar-refractivity contribution in [1.82, 2.24) is 14.7 Å². The molecule has 0 radical (unpaired) electrons. The van der Waals surface area contributed by atoms with E-state index in [0.29, 0.717) is 32.7 Å². The van der Waals surface area contributed by atoms with Crippen LogP contribution in [0.4, 0.5) is 10.5 Å². The molecule has 1 N–H and O–H groups in total. The number of carbonyl (C=O) groups is 2. The van der Waals surface area contributed by atoms with Gasteiger partial charge in [0.05, 0.1) is 6.54 Å². The molecule has 2 aliphatic heterocycles. The summed E-state index contributed by atoms with van der Waals surface area (Å²) in [5.74, 6) is 0.164. The fourth-order valence-electron chi connectivity index (χ4n) is 3.62. The average Bonchev–Trinajstić information content (AvgIpc) is 3.16. The lowest BCUT2D eigenvalue weighted by Gasteiger charge is -2.36. The van der Waals surface area contributed by atoms with Gasteiger partial charge in [-0.15, -0.1) is 11.3 Å². The molecule has 0 spiro atoms. The van der Waals surface area contributed by atoms with Gasteiger partial charge in [0.2, 0.25) is 5.91 Å². The summed E-state index contributed by atoms with van der Waals surface area (Å²) in [4.78, 5) is 32.3. The summed E-state index contributed by atoms with van der Waals surface area (Å²) in [5.41, 5.74) is 2.15. The van der Waals surface area contributed by atoms with E-state index in [1.54, 1.807) is 4.90 Å². The van der Waals surface area contributed by atoms with Gasteiger partial charge in [-0.2, -0.15) is 0 Å². The van der Waals surface area contributed by atoms with Crippen molar-refractivity contribution in [2.45, 2.75) is 13.0 Å². The average molecular weight is 385 g/mol. The first kappa shape index (κ1) is 18.0. The number of para-hydroxylation sites is 1. The van der Waals surface area contributed by atoms with E-state index in [9.17, 15) is 9.59 Å². The van der Waals surface area contributed by atoms with Gasteiger partial charge in [-0.1, -0.05) is 18.2 Å². The zero-order valence-electron chi connectivity index (χ0n) is 15.3. The van der Waals surface area contributed by atoms with Crippen LogP contribution < -0.4 is 5.32 Å². The third-order valence-electron chi connectivity index (χ3n) is 5.19. The molecular formula is C20H24N4O2S. The van der Waals surface area contributed by atoms with Gasteiger partial charge in [-0.3, -0.25) is 9.69 Å². The lowest BCUT2D eigenvalue weighted by atomic mass is 10.1. The summed E-state index contributed by atoms with van der Waals surface area (Å²) in [7, 11) is 0. The molecule has 1 saturated heterocycles. The topological polar surface area (TPSA) is 55.9 Å². The quantitative estimate of drug-likeness (QED) is 0.885. The van der Waals surface area contributed by atoms with Gasteiger partial charge in [0, 0.05) is 49.8 Å². The minimum absolute atomic E-state index is 0.102. The number of piperazine rings is 1. The van der Waals surface area contributed by atoms with E-state index in [1.165, 1.54) is 10.4 Å². The summed E-state index contributed by atoms with van der Waals surface area (Å²) in [6.07, 6.45) is 1.04. The third-order valence-corrected chi connectivity index (χ3v) is 6.21. The van der Waals surface area contributed by atoms with Crippen LogP contribution >= 0.6 is 11.3 Å². The highest BCUT2D eigenvalue weighted by Crippen LogP contribution is 2.23. The van der Waals surface area contributed by atoms with Crippen LogP contribution in [-0.4, -0.2) is 65.9 Å². The van der Waals surface area contributed by atoms with Crippen LogP contribution in [0.15, 0.2) is 41.8 Å². The largest absolute Gasteiger partial charge is 0.338 e. The maximum Gasteiger partial charge on any atom is 0.321 e.